The van der Waals surface area contributed by atoms with Crippen molar-refractivity contribution in [3.05, 3.63) is 95.3 Å². The summed E-state index contributed by atoms with van der Waals surface area (Å²) in [5.41, 5.74) is 13.9. The number of aromatic nitrogens is 2. The maximum absolute atomic E-state index is 13.3. The van der Waals surface area contributed by atoms with E-state index in [1.165, 1.54) is 5.56 Å². The third kappa shape index (κ3) is 3.41. The van der Waals surface area contributed by atoms with Gasteiger partial charge in [-0.15, -0.1) is 0 Å². The molecule has 190 valence electrons. The molecule has 2 aliphatic rings. The summed E-state index contributed by atoms with van der Waals surface area (Å²) in [4.78, 5) is 37.2. The first-order valence-corrected chi connectivity index (χ1v) is 12.9. The van der Waals surface area contributed by atoms with Gasteiger partial charge >= 0.3 is 0 Å². The Morgan fingerprint density at radius 3 is 2.79 bits per heavy atom. The molecule has 0 fully saturated rings. The fourth-order valence-corrected chi connectivity index (χ4v) is 6.08. The van der Waals surface area contributed by atoms with Crippen LogP contribution in [-0.4, -0.2) is 46.3 Å². The molecule has 0 radical (unpaired) electrons. The Kier molecular flexibility index (Phi) is 5.06. The molecule has 8 heteroatoms. The number of nitrogens with two attached hydrogens (primary N) is 1. The standard InChI is InChI=1S/C30H28N6O2/c1-35-26-9-5-3-7-21(26)30(38)36-13-12-20-22-15-18(10-11-25(22)34-27(20)29(35)36)33-28(37)23(31)14-17-16-32-24-8-4-2-6-19(17)24/h2-11,15-16,23,29,32,34H,12-14,31H2,1H3,(H,33,37). The number of para-hydroxylation sites is 2. The molecule has 0 saturated carbocycles. The largest absolute Gasteiger partial charge is 0.361 e. The summed E-state index contributed by atoms with van der Waals surface area (Å²) in [7, 11) is 2.03. The Hall–Kier alpha value is -4.56. The number of aromatic amines is 2. The van der Waals surface area contributed by atoms with Gasteiger partial charge in [-0.25, -0.2) is 0 Å². The van der Waals surface area contributed by atoms with Gasteiger partial charge in [0.1, 0.15) is 6.17 Å². The lowest BCUT2D eigenvalue weighted by atomic mass is 9.96. The lowest BCUT2D eigenvalue weighted by Crippen LogP contribution is -2.51. The van der Waals surface area contributed by atoms with Crippen LogP contribution in [0.2, 0.25) is 0 Å². The highest BCUT2D eigenvalue weighted by Crippen LogP contribution is 2.43. The van der Waals surface area contributed by atoms with Crippen molar-refractivity contribution in [2.45, 2.75) is 25.0 Å². The lowest BCUT2D eigenvalue weighted by Gasteiger charge is -2.46. The molecule has 5 N–H and O–H groups in total. The van der Waals surface area contributed by atoms with E-state index in [0.29, 0.717) is 18.7 Å². The summed E-state index contributed by atoms with van der Waals surface area (Å²) in [6, 6.07) is 21.0. The lowest BCUT2D eigenvalue weighted by molar-refractivity contribution is -0.117. The number of anilines is 2. The van der Waals surface area contributed by atoms with Gasteiger partial charge in [0.25, 0.3) is 5.91 Å². The van der Waals surface area contributed by atoms with E-state index < -0.39 is 6.04 Å². The topological polar surface area (TPSA) is 110 Å². The second-order valence-corrected chi connectivity index (χ2v) is 10.2. The molecule has 0 saturated heterocycles. The second kappa shape index (κ2) is 8.49. The summed E-state index contributed by atoms with van der Waals surface area (Å²) < 4.78 is 0. The molecule has 2 aromatic heterocycles. The van der Waals surface area contributed by atoms with E-state index in [2.05, 4.69) is 20.2 Å². The average Bonchev–Trinajstić information content (AvgIpc) is 3.52. The third-order valence-corrected chi connectivity index (χ3v) is 7.96. The van der Waals surface area contributed by atoms with Crippen LogP contribution < -0.4 is 16.0 Å². The summed E-state index contributed by atoms with van der Waals surface area (Å²) >= 11 is 0. The van der Waals surface area contributed by atoms with Crippen molar-refractivity contribution in [1.82, 2.24) is 14.9 Å². The maximum Gasteiger partial charge on any atom is 0.257 e. The molecule has 2 aliphatic heterocycles. The minimum absolute atomic E-state index is 0.0603. The molecule has 5 aromatic rings. The highest BCUT2D eigenvalue weighted by molar-refractivity contribution is 6.03. The van der Waals surface area contributed by atoms with Gasteiger partial charge in [-0.3, -0.25) is 9.59 Å². The fraction of sp³-hybridized carbons (Fsp3) is 0.200. The number of hydrogen-bond donors (Lipinski definition) is 4. The Labute approximate surface area is 219 Å². The number of hydrogen-bond acceptors (Lipinski definition) is 4. The number of amides is 2. The zero-order chi connectivity index (χ0) is 26.0. The Balaban J connectivity index is 1.16. The molecule has 2 amide bonds. The zero-order valence-corrected chi connectivity index (χ0v) is 21.0. The smallest absolute Gasteiger partial charge is 0.257 e. The molecule has 4 heterocycles. The van der Waals surface area contributed by atoms with Gasteiger partial charge in [0.2, 0.25) is 5.91 Å². The number of rotatable bonds is 4. The second-order valence-electron chi connectivity index (χ2n) is 10.2. The van der Waals surface area contributed by atoms with Crippen LogP contribution in [0.25, 0.3) is 21.8 Å². The molecule has 0 aliphatic carbocycles. The van der Waals surface area contributed by atoms with Crippen LogP contribution in [-0.2, 0) is 17.6 Å². The van der Waals surface area contributed by atoms with Gasteiger partial charge in [0.05, 0.1) is 23.0 Å². The first-order valence-electron chi connectivity index (χ1n) is 12.9. The molecule has 2 atom stereocenters. The van der Waals surface area contributed by atoms with Crippen molar-refractivity contribution < 1.29 is 9.59 Å². The monoisotopic (exact) mass is 504 g/mol. The van der Waals surface area contributed by atoms with E-state index in [4.69, 9.17) is 5.73 Å². The number of nitrogens with one attached hydrogen (secondary N) is 3. The normalized spacial score (nSPS) is 17.3. The number of carbonyl (C=O) groups excluding carboxylic acids is 2. The van der Waals surface area contributed by atoms with Crippen molar-refractivity contribution >= 4 is 45.0 Å². The van der Waals surface area contributed by atoms with E-state index in [0.717, 1.165) is 50.7 Å². The van der Waals surface area contributed by atoms with Crippen LogP contribution in [0.1, 0.15) is 33.3 Å². The van der Waals surface area contributed by atoms with Crippen LogP contribution in [0.4, 0.5) is 11.4 Å². The summed E-state index contributed by atoms with van der Waals surface area (Å²) in [6.45, 7) is 0.633. The number of benzene rings is 3. The van der Waals surface area contributed by atoms with Crippen molar-refractivity contribution in [2.24, 2.45) is 5.73 Å². The molecule has 7 rings (SSSR count). The minimum atomic E-state index is -0.680. The summed E-state index contributed by atoms with van der Waals surface area (Å²) in [5, 5.41) is 5.15. The number of fused-ring (bicyclic) bond motifs is 7. The predicted molar refractivity (Wildman–Crippen MR) is 149 cm³/mol. The van der Waals surface area contributed by atoms with Gasteiger partial charge in [0.15, 0.2) is 0 Å². The van der Waals surface area contributed by atoms with Crippen molar-refractivity contribution in [3.63, 3.8) is 0 Å². The van der Waals surface area contributed by atoms with Gasteiger partial charge in [0, 0.05) is 47.3 Å². The summed E-state index contributed by atoms with van der Waals surface area (Å²) in [5.74, 6) is -0.162. The van der Waals surface area contributed by atoms with Crippen LogP contribution in [0, 0.1) is 0 Å². The summed E-state index contributed by atoms with van der Waals surface area (Å²) in [6.07, 6.45) is 2.91. The molecule has 2 unspecified atom stereocenters. The van der Waals surface area contributed by atoms with E-state index in [1.54, 1.807) is 0 Å². The highest BCUT2D eigenvalue weighted by atomic mass is 16.2. The molecule has 8 nitrogen and oxygen atoms in total. The van der Waals surface area contributed by atoms with Crippen LogP contribution in [0.3, 0.4) is 0 Å². The van der Waals surface area contributed by atoms with Gasteiger partial charge in [-0.2, -0.15) is 0 Å². The number of nitrogens with zero attached hydrogens (tertiary/aromatic N) is 2. The van der Waals surface area contributed by atoms with E-state index >= 15 is 0 Å². The average molecular weight is 505 g/mol. The van der Waals surface area contributed by atoms with Crippen LogP contribution in [0.5, 0.6) is 0 Å². The predicted octanol–water partition coefficient (Wildman–Crippen LogP) is 4.30. The van der Waals surface area contributed by atoms with E-state index in [9.17, 15) is 9.59 Å². The van der Waals surface area contributed by atoms with Crippen LogP contribution in [0.15, 0.2) is 72.9 Å². The molecule has 0 spiro atoms. The SMILES string of the molecule is CN1c2ccccc2C(=O)N2CCc3c([nH]c4ccc(NC(=O)C(N)Cc5c[nH]c6ccccc56)cc34)C21. The Bertz CT molecular complexity index is 1730. The molecule has 0 bridgehead atoms. The number of H-pyrrole nitrogens is 2. The third-order valence-electron chi connectivity index (χ3n) is 7.96. The first kappa shape index (κ1) is 22.6. The Morgan fingerprint density at radius 1 is 1.08 bits per heavy atom. The molecular weight excluding hydrogens is 476 g/mol. The van der Waals surface area contributed by atoms with E-state index in [1.807, 2.05) is 84.9 Å². The first-order chi connectivity index (χ1) is 18.5. The maximum atomic E-state index is 13.3. The van der Waals surface area contributed by atoms with E-state index in [-0.39, 0.29) is 18.0 Å². The van der Waals surface area contributed by atoms with Crippen molar-refractivity contribution in [1.29, 1.82) is 0 Å². The van der Waals surface area contributed by atoms with Gasteiger partial charge in [-0.1, -0.05) is 30.3 Å². The van der Waals surface area contributed by atoms with Gasteiger partial charge < -0.3 is 30.8 Å². The van der Waals surface area contributed by atoms with Crippen molar-refractivity contribution in [2.75, 3.05) is 23.8 Å². The minimum Gasteiger partial charge on any atom is -0.361 e. The zero-order valence-electron chi connectivity index (χ0n) is 21.0. The number of carbonyl (C=O) groups is 2. The molecule has 3 aromatic carbocycles. The molecule has 38 heavy (non-hydrogen) atoms. The van der Waals surface area contributed by atoms with Gasteiger partial charge in [-0.05, 0) is 60.4 Å². The Morgan fingerprint density at radius 2 is 1.89 bits per heavy atom. The van der Waals surface area contributed by atoms with Crippen molar-refractivity contribution in [3.8, 4) is 0 Å². The fourth-order valence-electron chi connectivity index (χ4n) is 6.08. The molecular formula is C30H28N6O2. The van der Waals surface area contributed by atoms with Crippen LogP contribution >= 0.6 is 0 Å². The quantitative estimate of drug-likeness (QED) is 0.292. The highest BCUT2D eigenvalue weighted by Gasteiger charge is 2.41.